The predicted molar refractivity (Wildman–Crippen MR) is 57.1 cm³/mol. The summed E-state index contributed by atoms with van der Waals surface area (Å²) in [5, 5.41) is 0. The molecule has 15 heavy (non-hydrogen) atoms. The van der Waals surface area contributed by atoms with Crippen LogP contribution < -0.4 is 5.56 Å². The first-order valence-corrected chi connectivity index (χ1v) is 5.18. The highest BCUT2D eigenvalue weighted by atomic mass is 16.1. The van der Waals surface area contributed by atoms with Crippen molar-refractivity contribution in [3.63, 3.8) is 0 Å². The molecule has 0 radical (unpaired) electrons. The first-order chi connectivity index (χ1) is 7.10. The Labute approximate surface area is 87.0 Å². The van der Waals surface area contributed by atoms with Gasteiger partial charge in [0, 0.05) is 17.3 Å². The number of aryl methyl sites for hydroxylation is 1. The van der Waals surface area contributed by atoms with Gasteiger partial charge in [0.1, 0.15) is 11.3 Å². The van der Waals surface area contributed by atoms with Gasteiger partial charge in [0.05, 0.1) is 6.20 Å². The first kappa shape index (κ1) is 8.71. The predicted octanol–water partition coefficient (Wildman–Crippen LogP) is 1.38. The lowest BCUT2D eigenvalue weighted by molar-refractivity contribution is 0.702. The molecule has 3 rings (SSSR count). The van der Waals surface area contributed by atoms with E-state index < -0.39 is 0 Å². The minimum atomic E-state index is -0.0574. The second-order valence-electron chi connectivity index (χ2n) is 4.66. The highest BCUT2D eigenvalue weighted by molar-refractivity contribution is 5.45. The average Bonchev–Trinajstić information content (AvgIpc) is 2.76. The van der Waals surface area contributed by atoms with E-state index in [0.717, 1.165) is 24.4 Å². The van der Waals surface area contributed by atoms with Gasteiger partial charge >= 0.3 is 0 Å². The molecule has 0 aromatic carbocycles. The van der Waals surface area contributed by atoms with Gasteiger partial charge in [-0.05, 0) is 19.8 Å². The van der Waals surface area contributed by atoms with Crippen molar-refractivity contribution in [2.75, 3.05) is 0 Å². The number of nitrogens with zero attached hydrogens (tertiary/aromatic N) is 2. The van der Waals surface area contributed by atoms with E-state index in [1.165, 1.54) is 0 Å². The summed E-state index contributed by atoms with van der Waals surface area (Å²) < 4.78 is 1.93. The number of aromatic amines is 1. The van der Waals surface area contributed by atoms with Crippen molar-refractivity contribution < 1.29 is 0 Å². The third-order valence-corrected chi connectivity index (χ3v) is 3.20. The molecule has 0 aliphatic heterocycles. The molecule has 1 aliphatic rings. The summed E-state index contributed by atoms with van der Waals surface area (Å²) in [6, 6.07) is 0. The molecule has 0 spiro atoms. The molecule has 0 bridgehead atoms. The van der Waals surface area contributed by atoms with Crippen molar-refractivity contribution in [1.82, 2.24) is 14.4 Å². The average molecular weight is 203 g/mol. The minimum absolute atomic E-state index is 0.0574. The third kappa shape index (κ3) is 1.14. The highest BCUT2D eigenvalue weighted by Gasteiger charge is 2.42. The monoisotopic (exact) mass is 203 g/mol. The number of fused-ring (bicyclic) bond motifs is 1. The van der Waals surface area contributed by atoms with Crippen molar-refractivity contribution in [3.8, 4) is 0 Å². The largest absolute Gasteiger partial charge is 0.323 e. The van der Waals surface area contributed by atoms with Crippen molar-refractivity contribution in [2.45, 2.75) is 32.1 Å². The number of nitrogens with one attached hydrogen (secondary N) is 1. The Kier molecular flexibility index (Phi) is 1.45. The number of hydrogen-bond donors (Lipinski definition) is 1. The summed E-state index contributed by atoms with van der Waals surface area (Å²) in [7, 11) is 0. The summed E-state index contributed by atoms with van der Waals surface area (Å²) >= 11 is 0. The highest BCUT2D eigenvalue weighted by Crippen LogP contribution is 2.46. The second-order valence-corrected chi connectivity index (χ2v) is 4.66. The number of imidazole rings is 1. The number of rotatable bonds is 1. The van der Waals surface area contributed by atoms with E-state index in [2.05, 4.69) is 16.9 Å². The SMILES string of the molecule is Cc1cn2c(C3(C)CC3)ncc2c(=O)[nH]1. The fourth-order valence-electron chi connectivity index (χ4n) is 1.99. The van der Waals surface area contributed by atoms with Crippen LogP contribution in [-0.2, 0) is 5.41 Å². The van der Waals surface area contributed by atoms with E-state index in [9.17, 15) is 4.79 Å². The zero-order chi connectivity index (χ0) is 10.6. The van der Waals surface area contributed by atoms with Crippen LogP contribution >= 0.6 is 0 Å². The van der Waals surface area contributed by atoms with Crippen LogP contribution in [0.25, 0.3) is 5.52 Å². The van der Waals surface area contributed by atoms with Crippen molar-refractivity contribution in [2.24, 2.45) is 0 Å². The molecule has 2 heterocycles. The molecule has 2 aromatic rings. The lowest BCUT2D eigenvalue weighted by Crippen LogP contribution is -2.14. The van der Waals surface area contributed by atoms with E-state index in [4.69, 9.17) is 0 Å². The zero-order valence-corrected chi connectivity index (χ0v) is 8.87. The van der Waals surface area contributed by atoms with Gasteiger partial charge in [0.25, 0.3) is 5.56 Å². The molecule has 0 saturated heterocycles. The van der Waals surface area contributed by atoms with Crippen LogP contribution in [0.4, 0.5) is 0 Å². The van der Waals surface area contributed by atoms with Crippen LogP contribution in [0.3, 0.4) is 0 Å². The van der Waals surface area contributed by atoms with Crippen LogP contribution in [0.5, 0.6) is 0 Å². The van der Waals surface area contributed by atoms with E-state index in [-0.39, 0.29) is 11.0 Å². The number of H-pyrrole nitrogens is 1. The van der Waals surface area contributed by atoms with Gasteiger partial charge < -0.3 is 4.98 Å². The number of hydrogen-bond acceptors (Lipinski definition) is 2. The Morgan fingerprint density at radius 1 is 1.53 bits per heavy atom. The third-order valence-electron chi connectivity index (χ3n) is 3.20. The smallest absolute Gasteiger partial charge is 0.274 e. The molecule has 0 amide bonds. The Balaban J connectivity index is 2.38. The van der Waals surface area contributed by atoms with Gasteiger partial charge in [-0.25, -0.2) is 4.98 Å². The second kappa shape index (κ2) is 2.51. The molecule has 78 valence electrons. The van der Waals surface area contributed by atoms with Gasteiger partial charge in [0.15, 0.2) is 0 Å². The minimum Gasteiger partial charge on any atom is -0.323 e. The molecular formula is C11H13N3O. The van der Waals surface area contributed by atoms with Crippen LogP contribution in [-0.4, -0.2) is 14.4 Å². The van der Waals surface area contributed by atoms with E-state index >= 15 is 0 Å². The van der Waals surface area contributed by atoms with Crippen LogP contribution in [0.1, 0.15) is 31.3 Å². The maximum atomic E-state index is 11.6. The summed E-state index contributed by atoms with van der Waals surface area (Å²) in [5.74, 6) is 1.02. The molecule has 1 fully saturated rings. The molecule has 1 saturated carbocycles. The van der Waals surface area contributed by atoms with Gasteiger partial charge in [0.2, 0.25) is 0 Å². The Morgan fingerprint density at radius 3 is 2.93 bits per heavy atom. The fourth-order valence-corrected chi connectivity index (χ4v) is 1.99. The van der Waals surface area contributed by atoms with Gasteiger partial charge in [-0.3, -0.25) is 9.20 Å². The van der Waals surface area contributed by atoms with Crippen LogP contribution in [0, 0.1) is 6.92 Å². The van der Waals surface area contributed by atoms with E-state index in [1.807, 2.05) is 17.5 Å². The molecule has 0 atom stereocenters. The van der Waals surface area contributed by atoms with Gasteiger partial charge in [-0.2, -0.15) is 0 Å². The number of aromatic nitrogens is 3. The lowest BCUT2D eigenvalue weighted by atomic mass is 10.1. The van der Waals surface area contributed by atoms with Crippen LogP contribution in [0.15, 0.2) is 17.2 Å². The molecule has 4 heteroatoms. The van der Waals surface area contributed by atoms with E-state index in [0.29, 0.717) is 5.52 Å². The zero-order valence-electron chi connectivity index (χ0n) is 8.87. The molecule has 4 nitrogen and oxygen atoms in total. The molecule has 1 aliphatic carbocycles. The summed E-state index contributed by atoms with van der Waals surface area (Å²) in [6.45, 7) is 4.08. The Hall–Kier alpha value is -1.58. The first-order valence-electron chi connectivity index (χ1n) is 5.18. The summed E-state index contributed by atoms with van der Waals surface area (Å²) in [6.07, 6.45) is 5.94. The fraction of sp³-hybridized carbons (Fsp3) is 0.455. The molecule has 0 unspecified atom stereocenters. The van der Waals surface area contributed by atoms with E-state index in [1.54, 1.807) is 6.20 Å². The molecule has 2 aromatic heterocycles. The lowest BCUT2D eigenvalue weighted by Gasteiger charge is -2.07. The Morgan fingerprint density at radius 2 is 2.27 bits per heavy atom. The maximum Gasteiger partial charge on any atom is 0.274 e. The Bertz CT molecular complexity index is 589. The standard InChI is InChI=1S/C11H13N3O/c1-7-6-14-8(9(15)13-7)5-12-10(14)11(2)3-4-11/h5-6H,3-4H2,1-2H3,(H,13,15). The van der Waals surface area contributed by atoms with Gasteiger partial charge in [-0.15, -0.1) is 0 Å². The quantitative estimate of drug-likeness (QED) is 0.761. The summed E-state index contributed by atoms with van der Waals surface area (Å²) in [5.41, 5.74) is 1.64. The van der Waals surface area contributed by atoms with Crippen LogP contribution in [0.2, 0.25) is 0 Å². The molecular weight excluding hydrogens is 190 g/mol. The summed E-state index contributed by atoms with van der Waals surface area (Å²) in [4.78, 5) is 18.8. The topological polar surface area (TPSA) is 50.2 Å². The maximum absolute atomic E-state index is 11.6. The van der Waals surface area contributed by atoms with Crippen molar-refractivity contribution in [1.29, 1.82) is 0 Å². The molecule has 1 N–H and O–H groups in total. The van der Waals surface area contributed by atoms with Gasteiger partial charge in [-0.1, -0.05) is 6.92 Å². The van der Waals surface area contributed by atoms with Crippen molar-refractivity contribution in [3.05, 3.63) is 34.3 Å². The normalized spacial score (nSPS) is 18.3. The van der Waals surface area contributed by atoms with Crippen molar-refractivity contribution >= 4 is 5.52 Å².